The number of aliphatic hydroxyl groups is 2. The van der Waals surface area contributed by atoms with Gasteiger partial charge < -0.3 is 10.2 Å². The first-order chi connectivity index (χ1) is 11.4. The van der Waals surface area contributed by atoms with Gasteiger partial charge in [0.05, 0.1) is 0 Å². The summed E-state index contributed by atoms with van der Waals surface area (Å²) >= 11 is 0. The molecule has 0 heterocycles. The number of ketones is 2. The van der Waals surface area contributed by atoms with Crippen LogP contribution in [0, 0.1) is 0 Å². The van der Waals surface area contributed by atoms with Crippen LogP contribution in [0.2, 0.25) is 0 Å². The largest absolute Gasteiger partial charge is 0.504 e. The van der Waals surface area contributed by atoms with Gasteiger partial charge in [-0.05, 0) is 0 Å². The molecule has 17 heteroatoms. The summed E-state index contributed by atoms with van der Waals surface area (Å²) in [5.41, 5.74) is 0. The van der Waals surface area contributed by atoms with Gasteiger partial charge in [-0.2, -0.15) is 35.1 Å². The summed E-state index contributed by atoms with van der Waals surface area (Å²) < 4.78 is 138. The van der Waals surface area contributed by atoms with Gasteiger partial charge in [0, 0.05) is 17.4 Å². The Kier molecular flexibility index (Phi) is 12.2. The molecule has 0 saturated carbocycles. The number of carbonyl (C=O) groups is 2. The molecule has 4 nitrogen and oxygen atoms in total. The minimum Gasteiger partial charge on any atom is -0.504 e. The molecule has 0 aromatic rings. The fourth-order valence-electron chi connectivity index (χ4n) is 0.673. The molecule has 0 spiro atoms. The summed E-state index contributed by atoms with van der Waals surface area (Å²) in [4.78, 5) is 19.7. The molecule has 0 fully saturated rings. The summed E-state index contributed by atoms with van der Waals surface area (Å²) in [6.07, 6.45) is -18.9. The molecule has 0 atom stereocenters. The number of hydrogen-bond acceptors (Lipinski definition) is 4. The first-order valence-electron chi connectivity index (χ1n) is 5.32. The Morgan fingerprint density at radius 3 is 0.926 bits per heavy atom. The number of aliphatic hydroxyl groups excluding tert-OH is 2. The van der Waals surface area contributed by atoms with E-state index >= 15 is 0 Å². The van der Waals surface area contributed by atoms with Crippen LogP contribution in [-0.2, 0) is 27.0 Å². The molecule has 27 heavy (non-hydrogen) atoms. The van der Waals surface area contributed by atoms with E-state index in [0.717, 1.165) is 0 Å². The van der Waals surface area contributed by atoms with Crippen molar-refractivity contribution in [1.82, 2.24) is 0 Å². The molecule has 0 aliphatic carbocycles. The minimum atomic E-state index is -5.62. The molecule has 0 amide bonds. The van der Waals surface area contributed by atoms with Gasteiger partial charge in [-0.1, -0.05) is 0 Å². The second kappa shape index (κ2) is 11.1. The van der Waals surface area contributed by atoms with Crippen molar-refractivity contribution in [2.24, 2.45) is 0 Å². The first-order valence-corrected chi connectivity index (χ1v) is 5.32. The molecule has 0 aromatic heterocycles. The van der Waals surface area contributed by atoms with E-state index in [0.29, 0.717) is 0 Å². The van der Waals surface area contributed by atoms with Crippen molar-refractivity contribution in [3.05, 3.63) is 23.2 Å². The molecular formula is C10H4CrF12O4. The molecular weight excluding hydrogens is 464 g/mol. The fourth-order valence-corrected chi connectivity index (χ4v) is 0.673. The molecule has 0 aliphatic heterocycles. The van der Waals surface area contributed by atoms with Crippen LogP contribution in [0.4, 0.5) is 52.7 Å². The number of hydrogen-bond donors (Lipinski definition) is 2. The van der Waals surface area contributed by atoms with Crippen LogP contribution in [0.5, 0.6) is 0 Å². The van der Waals surface area contributed by atoms with Gasteiger partial charge in [-0.25, -0.2) is 17.6 Å². The van der Waals surface area contributed by atoms with E-state index in [1.54, 1.807) is 0 Å². The molecule has 0 aromatic carbocycles. The Morgan fingerprint density at radius 1 is 0.630 bits per heavy atom. The van der Waals surface area contributed by atoms with E-state index in [4.69, 9.17) is 10.2 Å². The van der Waals surface area contributed by atoms with Gasteiger partial charge >= 0.3 is 12.4 Å². The molecule has 0 saturated heterocycles. The molecule has 0 rings (SSSR count). The van der Waals surface area contributed by atoms with Gasteiger partial charge in [0.25, 0.3) is 24.4 Å². The van der Waals surface area contributed by atoms with E-state index in [9.17, 15) is 62.3 Å². The average Bonchev–Trinajstić information content (AvgIpc) is 2.48. The summed E-state index contributed by atoms with van der Waals surface area (Å²) in [6, 6.07) is 0. The standard InChI is InChI=1S/2C5H2F6O2.Cr/c2*6-1(2(12)4(7)8)3(13)5(9,10)11;/h2*4,12H;/b2*2-1+;. The molecule has 158 valence electrons. The van der Waals surface area contributed by atoms with Crippen LogP contribution in [0.1, 0.15) is 0 Å². The van der Waals surface area contributed by atoms with Crippen molar-refractivity contribution in [3.8, 4) is 0 Å². The molecule has 0 aliphatic rings. The predicted molar refractivity (Wildman–Crippen MR) is 55.7 cm³/mol. The smallest absolute Gasteiger partial charge is 0.457 e. The Morgan fingerprint density at radius 2 is 0.815 bits per heavy atom. The van der Waals surface area contributed by atoms with E-state index < -0.39 is 59.9 Å². The molecule has 0 radical (unpaired) electrons. The third kappa shape index (κ3) is 10.1. The second-order valence-electron chi connectivity index (χ2n) is 3.65. The number of rotatable bonds is 4. The number of carbonyl (C=O) groups excluding carboxylic acids is 2. The number of alkyl halides is 10. The molecule has 2 N–H and O–H groups in total. The molecule has 0 unspecified atom stereocenters. The van der Waals surface area contributed by atoms with Crippen molar-refractivity contribution in [1.29, 1.82) is 0 Å². The maximum Gasteiger partial charge on any atom is 0.457 e. The third-order valence-corrected chi connectivity index (χ3v) is 1.78. The monoisotopic (exact) mass is 468 g/mol. The summed E-state index contributed by atoms with van der Waals surface area (Å²) in [5.74, 6) is -17.1. The maximum absolute atomic E-state index is 12.0. The summed E-state index contributed by atoms with van der Waals surface area (Å²) in [5, 5.41) is 15.9. The van der Waals surface area contributed by atoms with Crippen LogP contribution in [-0.4, -0.2) is 47.0 Å². The second-order valence-corrected chi connectivity index (χ2v) is 3.65. The van der Waals surface area contributed by atoms with Crippen LogP contribution < -0.4 is 0 Å². The zero-order valence-electron chi connectivity index (χ0n) is 11.8. The Hall–Kier alpha value is -1.89. The summed E-state index contributed by atoms with van der Waals surface area (Å²) in [6.45, 7) is 0. The van der Waals surface area contributed by atoms with E-state index in [1.807, 2.05) is 0 Å². The van der Waals surface area contributed by atoms with E-state index in [1.165, 1.54) is 0 Å². The quantitative estimate of drug-likeness (QED) is 0.368. The fraction of sp³-hybridized carbons (Fsp3) is 0.400. The molecule has 0 bridgehead atoms. The van der Waals surface area contributed by atoms with Crippen molar-refractivity contribution in [3.63, 3.8) is 0 Å². The van der Waals surface area contributed by atoms with Crippen LogP contribution in [0.3, 0.4) is 0 Å². The van der Waals surface area contributed by atoms with Gasteiger partial charge in [0.15, 0.2) is 11.5 Å². The minimum absolute atomic E-state index is 0. The zero-order valence-corrected chi connectivity index (χ0v) is 13.1. The van der Waals surface area contributed by atoms with Gasteiger partial charge in [0.1, 0.15) is 0 Å². The van der Waals surface area contributed by atoms with Crippen molar-refractivity contribution in [2.45, 2.75) is 25.2 Å². The number of halogens is 12. The third-order valence-electron chi connectivity index (χ3n) is 1.78. The van der Waals surface area contributed by atoms with Crippen LogP contribution in [0.25, 0.3) is 0 Å². The zero-order chi connectivity index (χ0) is 21.6. The van der Waals surface area contributed by atoms with Crippen LogP contribution >= 0.6 is 0 Å². The van der Waals surface area contributed by atoms with Gasteiger partial charge in [-0.3, -0.25) is 9.59 Å². The average molecular weight is 468 g/mol. The van der Waals surface area contributed by atoms with Crippen molar-refractivity contribution >= 4 is 11.6 Å². The van der Waals surface area contributed by atoms with Gasteiger partial charge in [-0.15, -0.1) is 0 Å². The Bertz CT molecular complexity index is 538. The maximum atomic E-state index is 12.0. The normalized spacial score (nSPS) is 13.9. The van der Waals surface area contributed by atoms with Gasteiger partial charge in [0.2, 0.25) is 11.7 Å². The van der Waals surface area contributed by atoms with Crippen molar-refractivity contribution < 1.29 is 89.8 Å². The summed E-state index contributed by atoms with van der Waals surface area (Å²) in [7, 11) is 0. The van der Waals surface area contributed by atoms with Crippen molar-refractivity contribution in [2.75, 3.05) is 0 Å². The Balaban J connectivity index is -0.000000411. The number of Topliss-reactive ketones (excluding diaryl/α,β-unsaturated/α-hetero) is 2. The topological polar surface area (TPSA) is 74.6 Å². The Labute approximate surface area is 150 Å². The first kappa shape index (κ1) is 29.9. The van der Waals surface area contributed by atoms with E-state index in [-0.39, 0.29) is 17.4 Å². The predicted octanol–water partition coefficient (Wildman–Crippen LogP) is 4.24. The van der Waals surface area contributed by atoms with Crippen LogP contribution in [0.15, 0.2) is 23.2 Å². The SMILES string of the molecule is O=C(/C(F)=C(\O)C(F)F)C(F)(F)F.O=C(/C(F)=C(\O)C(F)F)C(F)(F)F.[Cr]. The van der Waals surface area contributed by atoms with E-state index in [2.05, 4.69) is 0 Å². The number of allylic oxidation sites excluding steroid dienone is 4.